The number of anilines is 2. The molecule has 0 spiro atoms. The van der Waals surface area contributed by atoms with Crippen molar-refractivity contribution in [2.45, 2.75) is 62.1 Å². The summed E-state index contributed by atoms with van der Waals surface area (Å²) in [6, 6.07) is 7.26. The van der Waals surface area contributed by atoms with E-state index >= 15 is 0 Å². The first-order valence-corrected chi connectivity index (χ1v) is 12.2. The normalized spacial score (nSPS) is 33.6. The lowest BCUT2D eigenvalue weighted by molar-refractivity contribution is -0.153. The molecule has 1 saturated heterocycles. The number of nitrogens with one attached hydrogen (secondary N) is 1. The van der Waals surface area contributed by atoms with Gasteiger partial charge in [-0.3, -0.25) is 14.4 Å². The van der Waals surface area contributed by atoms with Crippen molar-refractivity contribution < 1.29 is 19.1 Å². The summed E-state index contributed by atoms with van der Waals surface area (Å²) in [5, 5.41) is 2.81. The van der Waals surface area contributed by atoms with Gasteiger partial charge in [-0.1, -0.05) is 28.1 Å². The van der Waals surface area contributed by atoms with Gasteiger partial charge in [0.25, 0.3) is 5.91 Å². The van der Waals surface area contributed by atoms with Crippen LogP contribution in [0.2, 0.25) is 0 Å². The highest BCUT2D eigenvalue weighted by molar-refractivity contribution is 9.10. The molecular weight excluding hydrogens is 460 g/mol. The number of carbonyl (C=O) groups excluding carboxylic acids is 3. The summed E-state index contributed by atoms with van der Waals surface area (Å²) in [7, 11) is 0. The van der Waals surface area contributed by atoms with Crippen LogP contribution in [0.4, 0.5) is 11.4 Å². The highest BCUT2D eigenvalue weighted by atomic mass is 79.9. The van der Waals surface area contributed by atoms with E-state index in [-0.39, 0.29) is 34.1 Å². The molecule has 1 N–H and O–H groups in total. The molecule has 0 radical (unpaired) electrons. The molecule has 1 heterocycles. The molecule has 5 aliphatic rings. The molecule has 31 heavy (non-hydrogen) atoms. The summed E-state index contributed by atoms with van der Waals surface area (Å²) >= 11 is 3.98. The molecule has 2 atom stereocenters. The SMILES string of the molecule is O=C(COC(=O)CC12CC3CC(CC(Br)(C3)C1)C2)Nc1ccccc1N1CCCC1=O. The van der Waals surface area contributed by atoms with Gasteiger partial charge < -0.3 is 15.0 Å². The molecule has 1 aromatic rings. The number of carbonyl (C=O) groups is 3. The third-order valence-corrected chi connectivity index (χ3v) is 8.46. The number of ether oxygens (including phenoxy) is 1. The zero-order valence-electron chi connectivity index (χ0n) is 17.7. The van der Waals surface area contributed by atoms with Gasteiger partial charge in [-0.05, 0) is 74.3 Å². The van der Waals surface area contributed by atoms with Crippen LogP contribution >= 0.6 is 15.9 Å². The standard InChI is InChI=1S/C24H29BrN2O4/c25-24-11-16-8-17(12-24)10-23(9-16,15-24)13-22(30)31-14-20(28)26-18-4-1-2-5-19(18)27-7-3-6-21(27)29/h1-2,4-5,16-17H,3,6-15H2,(H,26,28). The predicted octanol–water partition coefficient (Wildman–Crippen LogP) is 4.42. The van der Waals surface area contributed by atoms with Crippen LogP contribution in [0.25, 0.3) is 0 Å². The third-order valence-electron chi connectivity index (χ3n) is 7.54. The van der Waals surface area contributed by atoms with Gasteiger partial charge in [0.15, 0.2) is 6.61 Å². The van der Waals surface area contributed by atoms with E-state index in [2.05, 4.69) is 21.2 Å². The summed E-state index contributed by atoms with van der Waals surface area (Å²) in [6.45, 7) is 0.351. The second kappa shape index (κ2) is 7.91. The molecule has 166 valence electrons. The molecule has 4 aliphatic carbocycles. The Balaban J connectivity index is 1.17. The van der Waals surface area contributed by atoms with Crippen LogP contribution in [-0.2, 0) is 19.1 Å². The number of esters is 1. The molecule has 5 fully saturated rings. The predicted molar refractivity (Wildman–Crippen MR) is 121 cm³/mol. The highest BCUT2D eigenvalue weighted by Gasteiger charge is 2.57. The van der Waals surface area contributed by atoms with E-state index in [1.807, 2.05) is 18.2 Å². The Morgan fingerprint density at radius 1 is 1.16 bits per heavy atom. The van der Waals surface area contributed by atoms with E-state index in [4.69, 9.17) is 4.74 Å². The number of hydrogen-bond acceptors (Lipinski definition) is 4. The highest BCUT2D eigenvalue weighted by Crippen LogP contribution is 2.65. The maximum Gasteiger partial charge on any atom is 0.306 e. The van der Waals surface area contributed by atoms with Gasteiger partial charge in [-0.25, -0.2) is 0 Å². The van der Waals surface area contributed by atoms with Gasteiger partial charge in [-0.15, -0.1) is 0 Å². The number of benzene rings is 1. The molecule has 7 heteroatoms. The summed E-state index contributed by atoms with van der Waals surface area (Å²) in [6.07, 6.45) is 8.74. The largest absolute Gasteiger partial charge is 0.456 e. The monoisotopic (exact) mass is 488 g/mol. The number of halogens is 1. The van der Waals surface area contributed by atoms with E-state index < -0.39 is 0 Å². The minimum atomic E-state index is -0.380. The van der Waals surface area contributed by atoms with Crippen LogP contribution in [0.5, 0.6) is 0 Å². The Bertz CT molecular complexity index is 903. The summed E-state index contributed by atoms with van der Waals surface area (Å²) in [5.74, 6) is 0.822. The van der Waals surface area contributed by atoms with Crippen LogP contribution < -0.4 is 10.2 Å². The first-order chi connectivity index (χ1) is 14.8. The van der Waals surface area contributed by atoms with Crippen LogP contribution in [0.3, 0.4) is 0 Å². The summed E-state index contributed by atoms with van der Waals surface area (Å²) in [4.78, 5) is 38.9. The Morgan fingerprint density at radius 2 is 1.90 bits per heavy atom. The van der Waals surface area contributed by atoms with Crippen molar-refractivity contribution >= 4 is 45.1 Å². The minimum absolute atomic E-state index is 0.0316. The van der Waals surface area contributed by atoms with Gasteiger partial charge >= 0.3 is 5.97 Å². The molecule has 2 amide bonds. The van der Waals surface area contributed by atoms with Gasteiger partial charge in [0.1, 0.15) is 0 Å². The molecule has 1 aliphatic heterocycles. The van der Waals surface area contributed by atoms with Gasteiger partial charge in [0.05, 0.1) is 17.8 Å². The van der Waals surface area contributed by atoms with Crippen molar-refractivity contribution in [3.63, 3.8) is 0 Å². The van der Waals surface area contributed by atoms with E-state index in [1.165, 1.54) is 19.3 Å². The Morgan fingerprint density at radius 3 is 2.58 bits per heavy atom. The molecule has 4 bridgehead atoms. The maximum atomic E-state index is 12.6. The van der Waals surface area contributed by atoms with E-state index in [0.29, 0.717) is 42.6 Å². The average Bonchev–Trinajstić information content (AvgIpc) is 3.10. The van der Waals surface area contributed by atoms with Gasteiger partial charge in [0, 0.05) is 17.3 Å². The van der Waals surface area contributed by atoms with Crippen LogP contribution in [-0.4, -0.2) is 35.3 Å². The summed E-state index contributed by atoms with van der Waals surface area (Å²) in [5.41, 5.74) is 1.30. The fraction of sp³-hybridized carbons (Fsp3) is 0.625. The number of para-hydroxylation sites is 2. The Kier molecular flexibility index (Phi) is 5.35. The lowest BCUT2D eigenvalue weighted by Crippen LogP contribution is -2.53. The maximum absolute atomic E-state index is 12.6. The lowest BCUT2D eigenvalue weighted by atomic mass is 9.49. The first kappa shape index (κ1) is 21.0. The van der Waals surface area contributed by atoms with Crippen molar-refractivity contribution in [2.75, 3.05) is 23.4 Å². The number of rotatable bonds is 6. The second-order valence-electron chi connectivity index (χ2n) is 10.2. The first-order valence-electron chi connectivity index (χ1n) is 11.4. The van der Waals surface area contributed by atoms with Crippen molar-refractivity contribution in [3.05, 3.63) is 24.3 Å². The molecule has 6 nitrogen and oxygen atoms in total. The number of alkyl halides is 1. The van der Waals surface area contributed by atoms with E-state index in [1.54, 1.807) is 11.0 Å². The average molecular weight is 489 g/mol. The van der Waals surface area contributed by atoms with Gasteiger partial charge in [0.2, 0.25) is 5.91 Å². The zero-order valence-corrected chi connectivity index (χ0v) is 19.3. The van der Waals surface area contributed by atoms with Crippen LogP contribution in [0.1, 0.15) is 57.8 Å². The fourth-order valence-corrected chi connectivity index (χ4v) is 8.46. The van der Waals surface area contributed by atoms with Crippen molar-refractivity contribution in [1.82, 2.24) is 0 Å². The topological polar surface area (TPSA) is 75.7 Å². The van der Waals surface area contributed by atoms with Crippen molar-refractivity contribution in [2.24, 2.45) is 17.3 Å². The molecule has 4 saturated carbocycles. The Labute approximate surface area is 191 Å². The lowest BCUT2D eigenvalue weighted by Gasteiger charge is -2.60. The molecule has 6 rings (SSSR count). The molecule has 1 aromatic carbocycles. The van der Waals surface area contributed by atoms with E-state index in [9.17, 15) is 14.4 Å². The smallest absolute Gasteiger partial charge is 0.306 e. The van der Waals surface area contributed by atoms with Crippen LogP contribution in [0, 0.1) is 17.3 Å². The number of nitrogens with zero attached hydrogens (tertiary/aromatic N) is 1. The zero-order chi connectivity index (χ0) is 21.6. The van der Waals surface area contributed by atoms with E-state index in [0.717, 1.165) is 25.7 Å². The Hall–Kier alpha value is -1.89. The molecular formula is C24H29BrN2O4. The minimum Gasteiger partial charge on any atom is -0.456 e. The molecule has 0 aromatic heterocycles. The van der Waals surface area contributed by atoms with Gasteiger partial charge in [-0.2, -0.15) is 0 Å². The molecule has 2 unspecified atom stereocenters. The van der Waals surface area contributed by atoms with Crippen molar-refractivity contribution in [3.8, 4) is 0 Å². The van der Waals surface area contributed by atoms with Crippen LogP contribution in [0.15, 0.2) is 24.3 Å². The number of amides is 2. The number of hydrogen-bond donors (Lipinski definition) is 1. The van der Waals surface area contributed by atoms with Crippen molar-refractivity contribution in [1.29, 1.82) is 0 Å². The fourth-order valence-electron chi connectivity index (χ4n) is 6.95. The summed E-state index contributed by atoms with van der Waals surface area (Å²) < 4.78 is 5.59. The second-order valence-corrected chi connectivity index (χ2v) is 11.8. The quantitative estimate of drug-likeness (QED) is 0.474. The third kappa shape index (κ3) is 4.26.